The third-order valence-corrected chi connectivity index (χ3v) is 4.49. The number of hydrazone groups is 1. The Morgan fingerprint density at radius 2 is 1.83 bits per heavy atom. The second kappa shape index (κ2) is 9.26. The van der Waals surface area contributed by atoms with Crippen LogP contribution in [0, 0.1) is 5.92 Å². The first-order valence-corrected chi connectivity index (χ1v) is 9.84. The molecule has 7 nitrogen and oxygen atoms in total. The monoisotopic (exact) mass is 407 g/mol. The van der Waals surface area contributed by atoms with Gasteiger partial charge in [-0.1, -0.05) is 32.0 Å². The number of hydrogen-bond acceptors (Lipinski definition) is 5. The number of aromatic nitrogens is 1. The number of amides is 1. The third-order valence-electron chi connectivity index (χ3n) is 4.49. The number of hydrogen-bond donors (Lipinski definition) is 2. The van der Waals surface area contributed by atoms with Crippen molar-refractivity contribution in [3.8, 4) is 17.3 Å². The molecule has 0 unspecified atom stereocenters. The van der Waals surface area contributed by atoms with Crippen LogP contribution in [0.1, 0.15) is 32.8 Å². The van der Waals surface area contributed by atoms with Gasteiger partial charge in [0.15, 0.2) is 0 Å². The highest BCUT2D eigenvalue weighted by Crippen LogP contribution is 2.26. The Labute approximate surface area is 174 Å². The zero-order valence-corrected chi connectivity index (χ0v) is 17.3. The summed E-state index contributed by atoms with van der Waals surface area (Å²) in [6.07, 6.45) is 1.70. The van der Waals surface area contributed by atoms with E-state index in [2.05, 4.69) is 10.5 Å². The molecule has 30 heavy (non-hydrogen) atoms. The molecule has 1 amide bonds. The molecule has 0 aliphatic rings. The van der Waals surface area contributed by atoms with Crippen LogP contribution in [0.5, 0.6) is 11.6 Å². The number of carbonyl (C=O) groups excluding carboxylic acids is 1. The molecule has 0 saturated carbocycles. The van der Waals surface area contributed by atoms with Crippen molar-refractivity contribution >= 4 is 22.9 Å². The summed E-state index contributed by atoms with van der Waals surface area (Å²) in [5, 5.41) is 15.9. The first-order chi connectivity index (χ1) is 14.4. The van der Waals surface area contributed by atoms with E-state index in [4.69, 9.17) is 4.74 Å². The minimum absolute atomic E-state index is 0.205. The van der Waals surface area contributed by atoms with Crippen molar-refractivity contribution in [3.05, 3.63) is 64.4 Å². The van der Waals surface area contributed by atoms with Crippen molar-refractivity contribution in [2.24, 2.45) is 11.0 Å². The van der Waals surface area contributed by atoms with Gasteiger partial charge < -0.3 is 9.84 Å². The Balaban J connectivity index is 2.08. The van der Waals surface area contributed by atoms with Gasteiger partial charge in [0.05, 0.1) is 24.1 Å². The smallest absolute Gasteiger partial charge is 0.265 e. The first kappa shape index (κ1) is 21.1. The lowest BCUT2D eigenvalue weighted by Crippen LogP contribution is -2.21. The fourth-order valence-electron chi connectivity index (χ4n) is 3.17. The highest BCUT2D eigenvalue weighted by molar-refractivity contribution is 6.02. The molecule has 0 fully saturated rings. The van der Waals surface area contributed by atoms with Crippen molar-refractivity contribution < 1.29 is 14.6 Å². The highest BCUT2D eigenvalue weighted by Gasteiger charge is 2.16. The SMILES string of the molecule is CCOc1ccc(-n2c(O)c(/C=N/NC(=O)CC(C)C)c3ccccc3c2=O)cc1. The lowest BCUT2D eigenvalue weighted by atomic mass is 10.1. The minimum atomic E-state index is -0.353. The molecule has 0 saturated heterocycles. The standard InChI is InChI=1S/C23H25N3O4/c1-4-30-17-11-9-16(10-12-17)26-22(28)19-8-6-5-7-18(19)20(23(26)29)14-24-25-21(27)13-15(2)3/h5-12,14-15,29H,4,13H2,1-3H3,(H,25,27)/b24-14+. The molecule has 2 N–H and O–H groups in total. The molecular formula is C23H25N3O4. The number of benzene rings is 2. The maximum absolute atomic E-state index is 13.1. The molecular weight excluding hydrogens is 382 g/mol. The van der Waals surface area contributed by atoms with Crippen molar-refractivity contribution in [1.82, 2.24) is 9.99 Å². The van der Waals surface area contributed by atoms with Crippen LogP contribution in [-0.2, 0) is 4.79 Å². The van der Waals surface area contributed by atoms with Gasteiger partial charge in [-0.2, -0.15) is 5.10 Å². The lowest BCUT2D eigenvalue weighted by Gasteiger charge is -2.14. The van der Waals surface area contributed by atoms with Gasteiger partial charge in [-0.25, -0.2) is 9.99 Å². The van der Waals surface area contributed by atoms with Crippen LogP contribution >= 0.6 is 0 Å². The van der Waals surface area contributed by atoms with Crippen LogP contribution in [0.15, 0.2) is 58.4 Å². The van der Waals surface area contributed by atoms with Crippen molar-refractivity contribution in [2.75, 3.05) is 6.61 Å². The number of ether oxygens (including phenoxy) is 1. The van der Waals surface area contributed by atoms with Gasteiger partial charge in [-0.05, 0) is 43.2 Å². The molecule has 0 aliphatic heterocycles. The molecule has 0 atom stereocenters. The van der Waals surface area contributed by atoms with E-state index >= 15 is 0 Å². The minimum Gasteiger partial charge on any atom is -0.494 e. The Bertz CT molecular complexity index is 1130. The van der Waals surface area contributed by atoms with E-state index in [0.29, 0.717) is 40.8 Å². The number of aromatic hydroxyl groups is 1. The molecule has 1 aromatic heterocycles. The second-order valence-corrected chi connectivity index (χ2v) is 7.24. The summed E-state index contributed by atoms with van der Waals surface area (Å²) in [5.41, 5.74) is 2.94. The second-order valence-electron chi connectivity index (χ2n) is 7.24. The Morgan fingerprint density at radius 3 is 2.47 bits per heavy atom. The van der Waals surface area contributed by atoms with Crippen LogP contribution < -0.4 is 15.7 Å². The summed E-state index contributed by atoms with van der Waals surface area (Å²) in [4.78, 5) is 24.9. The van der Waals surface area contributed by atoms with E-state index in [9.17, 15) is 14.7 Å². The van der Waals surface area contributed by atoms with Gasteiger partial charge in [-0.15, -0.1) is 0 Å². The zero-order valence-electron chi connectivity index (χ0n) is 17.3. The highest BCUT2D eigenvalue weighted by atomic mass is 16.5. The van der Waals surface area contributed by atoms with Crippen LogP contribution in [-0.4, -0.2) is 28.4 Å². The van der Waals surface area contributed by atoms with E-state index in [1.165, 1.54) is 10.8 Å². The predicted molar refractivity (Wildman–Crippen MR) is 118 cm³/mol. The van der Waals surface area contributed by atoms with E-state index < -0.39 is 0 Å². The number of pyridine rings is 1. The Hall–Kier alpha value is -3.61. The van der Waals surface area contributed by atoms with Gasteiger partial charge in [-0.3, -0.25) is 9.59 Å². The van der Waals surface area contributed by atoms with Crippen molar-refractivity contribution in [3.63, 3.8) is 0 Å². The Morgan fingerprint density at radius 1 is 1.17 bits per heavy atom. The van der Waals surface area contributed by atoms with Crippen LogP contribution in [0.3, 0.4) is 0 Å². The molecule has 0 radical (unpaired) electrons. The summed E-state index contributed by atoms with van der Waals surface area (Å²) >= 11 is 0. The molecule has 7 heteroatoms. The largest absolute Gasteiger partial charge is 0.494 e. The molecule has 0 spiro atoms. The average Bonchev–Trinajstić information content (AvgIpc) is 2.71. The summed E-state index contributed by atoms with van der Waals surface area (Å²) in [6, 6.07) is 13.8. The zero-order chi connectivity index (χ0) is 21.7. The summed E-state index contributed by atoms with van der Waals surface area (Å²) in [6.45, 7) is 6.30. The Kier molecular flexibility index (Phi) is 6.51. The average molecular weight is 407 g/mol. The quantitative estimate of drug-likeness (QED) is 0.462. The van der Waals surface area contributed by atoms with E-state index in [-0.39, 0.29) is 23.3 Å². The van der Waals surface area contributed by atoms with Crippen LogP contribution in [0.25, 0.3) is 16.5 Å². The molecule has 3 rings (SSSR count). The van der Waals surface area contributed by atoms with Crippen molar-refractivity contribution in [1.29, 1.82) is 0 Å². The normalized spacial score (nSPS) is 11.3. The van der Waals surface area contributed by atoms with Gasteiger partial charge in [0, 0.05) is 17.2 Å². The maximum Gasteiger partial charge on any atom is 0.265 e. The third kappa shape index (κ3) is 4.51. The van der Waals surface area contributed by atoms with E-state index in [0.717, 1.165) is 0 Å². The molecule has 2 aromatic carbocycles. The van der Waals surface area contributed by atoms with Gasteiger partial charge in [0.2, 0.25) is 11.8 Å². The number of nitrogens with one attached hydrogen (secondary N) is 1. The summed E-state index contributed by atoms with van der Waals surface area (Å²) in [5.74, 6) is 0.398. The lowest BCUT2D eigenvalue weighted by molar-refractivity contribution is -0.121. The summed E-state index contributed by atoms with van der Waals surface area (Å²) < 4.78 is 6.66. The van der Waals surface area contributed by atoms with Crippen LogP contribution in [0.2, 0.25) is 0 Å². The fourth-order valence-corrected chi connectivity index (χ4v) is 3.17. The van der Waals surface area contributed by atoms with Gasteiger partial charge >= 0.3 is 0 Å². The van der Waals surface area contributed by atoms with E-state index in [1.807, 2.05) is 20.8 Å². The maximum atomic E-state index is 13.1. The van der Waals surface area contributed by atoms with Crippen LogP contribution in [0.4, 0.5) is 0 Å². The first-order valence-electron chi connectivity index (χ1n) is 9.84. The predicted octanol–water partition coefficient (Wildman–Crippen LogP) is 3.59. The van der Waals surface area contributed by atoms with Gasteiger partial charge in [0.1, 0.15) is 5.75 Å². The number of carbonyl (C=O) groups is 1. The van der Waals surface area contributed by atoms with Crippen molar-refractivity contribution in [2.45, 2.75) is 27.2 Å². The number of nitrogens with zero attached hydrogens (tertiary/aromatic N) is 2. The fraction of sp³-hybridized carbons (Fsp3) is 0.261. The molecule has 1 heterocycles. The topological polar surface area (TPSA) is 92.9 Å². The number of fused-ring (bicyclic) bond motifs is 1. The van der Waals surface area contributed by atoms with E-state index in [1.54, 1.807) is 48.5 Å². The molecule has 0 aliphatic carbocycles. The number of rotatable bonds is 7. The summed E-state index contributed by atoms with van der Waals surface area (Å²) in [7, 11) is 0. The molecule has 3 aromatic rings. The molecule has 0 bridgehead atoms. The van der Waals surface area contributed by atoms with Gasteiger partial charge in [0.25, 0.3) is 5.56 Å². The molecule has 156 valence electrons.